The number of methoxy groups -OCH3 is 1. The molecule has 0 atom stereocenters. The molecule has 0 aliphatic rings. The van der Waals surface area contributed by atoms with Gasteiger partial charge in [-0.3, -0.25) is 9.71 Å². The SMILES string of the molecule is C=C/C(=C\N=C)NS(=O)(=O)c1cc(Br)ccc1OC. The molecule has 0 fully saturated rings. The zero-order valence-electron chi connectivity index (χ0n) is 10.3. The molecule has 1 aromatic rings. The number of benzene rings is 1. The summed E-state index contributed by atoms with van der Waals surface area (Å²) >= 11 is 3.22. The number of halogens is 1. The monoisotopic (exact) mass is 344 g/mol. The maximum absolute atomic E-state index is 12.2. The molecule has 0 spiro atoms. The predicted molar refractivity (Wildman–Crippen MR) is 78.8 cm³/mol. The first-order chi connectivity index (χ1) is 8.94. The minimum atomic E-state index is -3.79. The highest BCUT2D eigenvalue weighted by Gasteiger charge is 2.20. The van der Waals surface area contributed by atoms with Crippen LogP contribution in [0.4, 0.5) is 0 Å². The fourth-order valence-electron chi connectivity index (χ4n) is 1.29. The number of sulfonamides is 1. The molecule has 0 saturated carbocycles. The highest BCUT2D eigenvalue weighted by atomic mass is 79.9. The van der Waals surface area contributed by atoms with Crippen LogP contribution in [0.5, 0.6) is 5.75 Å². The first kappa shape index (κ1) is 15.5. The lowest BCUT2D eigenvalue weighted by molar-refractivity contribution is 0.402. The quantitative estimate of drug-likeness (QED) is 0.636. The van der Waals surface area contributed by atoms with Crippen molar-refractivity contribution >= 4 is 32.7 Å². The molecule has 0 amide bonds. The fourth-order valence-corrected chi connectivity index (χ4v) is 3.06. The van der Waals surface area contributed by atoms with Gasteiger partial charge in [-0.25, -0.2) is 8.42 Å². The molecule has 0 unspecified atom stereocenters. The fraction of sp³-hybridized carbons (Fsp3) is 0.0833. The van der Waals surface area contributed by atoms with Crippen molar-refractivity contribution < 1.29 is 13.2 Å². The maximum Gasteiger partial charge on any atom is 0.265 e. The highest BCUT2D eigenvalue weighted by Crippen LogP contribution is 2.27. The summed E-state index contributed by atoms with van der Waals surface area (Å²) in [5.74, 6) is 0.241. The normalized spacial score (nSPS) is 11.8. The van der Waals surface area contributed by atoms with Gasteiger partial charge in [0.15, 0.2) is 0 Å². The molecule has 7 heteroatoms. The zero-order chi connectivity index (χ0) is 14.5. The third-order valence-corrected chi connectivity index (χ3v) is 4.01. The van der Waals surface area contributed by atoms with Gasteiger partial charge in [-0.1, -0.05) is 22.5 Å². The van der Waals surface area contributed by atoms with E-state index in [1.165, 1.54) is 25.5 Å². The van der Waals surface area contributed by atoms with Crippen LogP contribution in [0.25, 0.3) is 0 Å². The summed E-state index contributed by atoms with van der Waals surface area (Å²) < 4.78 is 32.5. The van der Waals surface area contributed by atoms with E-state index in [2.05, 4.69) is 38.9 Å². The Labute approximate surface area is 120 Å². The van der Waals surface area contributed by atoms with Crippen molar-refractivity contribution in [3.63, 3.8) is 0 Å². The number of nitrogens with one attached hydrogen (secondary N) is 1. The summed E-state index contributed by atoms with van der Waals surface area (Å²) in [6.45, 7) is 6.75. The summed E-state index contributed by atoms with van der Waals surface area (Å²) in [4.78, 5) is 3.51. The van der Waals surface area contributed by atoms with Gasteiger partial charge in [-0.15, -0.1) is 0 Å². The lowest BCUT2D eigenvalue weighted by Crippen LogP contribution is -2.22. The van der Waals surface area contributed by atoms with Gasteiger partial charge in [-0.05, 0) is 31.0 Å². The molecule has 1 N–H and O–H groups in total. The third-order valence-electron chi connectivity index (χ3n) is 2.12. The number of hydrogen-bond donors (Lipinski definition) is 1. The van der Waals surface area contributed by atoms with Gasteiger partial charge in [0.25, 0.3) is 10.0 Å². The Morgan fingerprint density at radius 3 is 2.74 bits per heavy atom. The average molecular weight is 345 g/mol. The number of hydrogen-bond acceptors (Lipinski definition) is 4. The first-order valence-electron chi connectivity index (χ1n) is 5.09. The van der Waals surface area contributed by atoms with Crippen LogP contribution in [0.2, 0.25) is 0 Å². The van der Waals surface area contributed by atoms with Crippen molar-refractivity contribution in [2.45, 2.75) is 4.90 Å². The summed E-state index contributed by atoms with van der Waals surface area (Å²) in [6.07, 6.45) is 2.59. The Morgan fingerprint density at radius 2 is 2.21 bits per heavy atom. The predicted octanol–water partition coefficient (Wildman–Crippen LogP) is 2.46. The van der Waals surface area contributed by atoms with Crippen molar-refractivity contribution in [3.05, 3.63) is 47.2 Å². The molecule has 1 aromatic carbocycles. The molecule has 0 bridgehead atoms. The van der Waals surface area contributed by atoms with Crippen LogP contribution in [-0.2, 0) is 10.0 Å². The Balaban J connectivity index is 3.27. The van der Waals surface area contributed by atoms with Crippen molar-refractivity contribution in [3.8, 4) is 5.75 Å². The summed E-state index contributed by atoms with van der Waals surface area (Å²) in [6, 6.07) is 4.69. The van der Waals surface area contributed by atoms with Crippen LogP contribution in [0.3, 0.4) is 0 Å². The topological polar surface area (TPSA) is 67.8 Å². The molecule has 0 saturated heterocycles. The lowest BCUT2D eigenvalue weighted by Gasteiger charge is -2.12. The Kier molecular flexibility index (Phi) is 5.31. The van der Waals surface area contributed by atoms with E-state index in [1.54, 1.807) is 12.1 Å². The smallest absolute Gasteiger partial charge is 0.265 e. The largest absolute Gasteiger partial charge is 0.495 e. The minimum absolute atomic E-state index is 0.0150. The van der Waals surface area contributed by atoms with Crippen LogP contribution < -0.4 is 9.46 Å². The molecular weight excluding hydrogens is 332 g/mol. The van der Waals surface area contributed by atoms with Gasteiger partial charge >= 0.3 is 0 Å². The van der Waals surface area contributed by atoms with Gasteiger partial charge in [-0.2, -0.15) is 0 Å². The van der Waals surface area contributed by atoms with Crippen LogP contribution in [0, 0.1) is 0 Å². The average Bonchev–Trinajstić information content (AvgIpc) is 2.38. The highest BCUT2D eigenvalue weighted by molar-refractivity contribution is 9.10. The van der Waals surface area contributed by atoms with E-state index in [-0.39, 0.29) is 16.3 Å². The molecule has 5 nitrogen and oxygen atoms in total. The number of allylic oxidation sites excluding steroid dienone is 1. The maximum atomic E-state index is 12.2. The van der Waals surface area contributed by atoms with Gasteiger partial charge in [0, 0.05) is 4.47 Å². The molecule has 1 rings (SSSR count). The number of nitrogens with zero attached hydrogens (tertiary/aromatic N) is 1. The van der Waals surface area contributed by atoms with Crippen LogP contribution in [-0.4, -0.2) is 22.2 Å². The molecule has 0 radical (unpaired) electrons. The van der Waals surface area contributed by atoms with Gasteiger partial charge in [0.2, 0.25) is 0 Å². The third kappa shape index (κ3) is 3.93. The van der Waals surface area contributed by atoms with Gasteiger partial charge in [0.05, 0.1) is 19.0 Å². The minimum Gasteiger partial charge on any atom is -0.495 e. The second-order valence-corrected chi connectivity index (χ2v) is 5.94. The van der Waals surface area contributed by atoms with E-state index >= 15 is 0 Å². The van der Waals surface area contributed by atoms with Crippen LogP contribution >= 0.6 is 15.9 Å². The number of ether oxygens (including phenoxy) is 1. The van der Waals surface area contributed by atoms with Crippen LogP contribution in [0.15, 0.2) is 57.1 Å². The van der Waals surface area contributed by atoms with E-state index in [0.717, 1.165) is 0 Å². The van der Waals surface area contributed by atoms with Crippen molar-refractivity contribution in [1.82, 2.24) is 4.72 Å². The van der Waals surface area contributed by atoms with E-state index in [4.69, 9.17) is 4.74 Å². The van der Waals surface area contributed by atoms with E-state index in [9.17, 15) is 8.42 Å². The van der Waals surface area contributed by atoms with Crippen LogP contribution in [0.1, 0.15) is 0 Å². The molecule has 0 aromatic heterocycles. The van der Waals surface area contributed by atoms with Crippen molar-refractivity contribution in [2.24, 2.45) is 4.99 Å². The Morgan fingerprint density at radius 1 is 1.53 bits per heavy atom. The zero-order valence-corrected chi connectivity index (χ0v) is 12.7. The molecule has 0 aliphatic carbocycles. The summed E-state index contributed by atoms with van der Waals surface area (Å²) in [5, 5.41) is 0. The first-order valence-corrected chi connectivity index (χ1v) is 7.37. The second kappa shape index (κ2) is 6.53. The van der Waals surface area contributed by atoms with Gasteiger partial charge in [0.1, 0.15) is 10.6 Å². The van der Waals surface area contributed by atoms with E-state index in [0.29, 0.717) is 4.47 Å². The van der Waals surface area contributed by atoms with E-state index < -0.39 is 10.0 Å². The second-order valence-electron chi connectivity index (χ2n) is 3.37. The molecule has 19 heavy (non-hydrogen) atoms. The summed E-state index contributed by atoms with van der Waals surface area (Å²) in [5.41, 5.74) is 0.219. The van der Waals surface area contributed by atoms with Crippen molar-refractivity contribution in [2.75, 3.05) is 7.11 Å². The summed E-state index contributed by atoms with van der Waals surface area (Å²) in [7, 11) is -2.39. The lowest BCUT2D eigenvalue weighted by atomic mass is 10.3. The molecular formula is C12H13BrN2O3S. The Bertz CT molecular complexity index is 624. The Hall–Kier alpha value is -1.60. The van der Waals surface area contributed by atoms with Gasteiger partial charge < -0.3 is 4.74 Å². The standard InChI is InChI=1S/C12H13BrN2O3S/c1-4-10(8-14-2)15-19(16,17)12-7-9(13)5-6-11(12)18-3/h4-8,15H,1-2H2,3H3/b10-8+. The van der Waals surface area contributed by atoms with E-state index in [1.807, 2.05) is 0 Å². The molecule has 0 aliphatic heterocycles. The number of rotatable bonds is 6. The molecule has 102 valence electrons. The molecule has 0 heterocycles. The number of aliphatic imine (C=N–C) groups is 1. The van der Waals surface area contributed by atoms with Crippen molar-refractivity contribution in [1.29, 1.82) is 0 Å².